The Balaban J connectivity index is 1.25. The third-order valence-corrected chi connectivity index (χ3v) is 6.77. The average Bonchev–Trinajstić information content (AvgIpc) is 3.32. The molecule has 174 valence electrons. The van der Waals surface area contributed by atoms with Gasteiger partial charge in [-0.1, -0.05) is 61.5 Å². The summed E-state index contributed by atoms with van der Waals surface area (Å²) in [6, 6.07) is 20.4. The van der Waals surface area contributed by atoms with Gasteiger partial charge in [0, 0.05) is 18.7 Å². The normalized spacial score (nSPS) is 14.6. The summed E-state index contributed by atoms with van der Waals surface area (Å²) < 4.78 is 2.74. The van der Waals surface area contributed by atoms with E-state index in [1.807, 2.05) is 23.1 Å². The van der Waals surface area contributed by atoms with E-state index in [0.29, 0.717) is 17.1 Å². The molecule has 0 N–H and O–H groups in total. The Morgan fingerprint density at radius 3 is 2.44 bits per heavy atom. The van der Waals surface area contributed by atoms with Gasteiger partial charge in [0.2, 0.25) is 5.91 Å². The minimum atomic E-state index is -0.307. The number of hydrogen-bond donors (Lipinski definition) is 0. The van der Waals surface area contributed by atoms with Gasteiger partial charge < -0.3 is 4.90 Å². The number of piperidine rings is 1. The number of benzene rings is 2. The van der Waals surface area contributed by atoms with Gasteiger partial charge in [-0.15, -0.1) is 0 Å². The smallest absolute Gasteiger partial charge is 0.293 e. The Bertz CT molecular complexity index is 1330. The number of aryl methyl sites for hydroxylation is 1. The summed E-state index contributed by atoms with van der Waals surface area (Å²) in [5, 5.41) is 8.70. The Kier molecular flexibility index (Phi) is 6.25. The summed E-state index contributed by atoms with van der Waals surface area (Å²) in [4.78, 5) is 27.8. The van der Waals surface area contributed by atoms with Crippen molar-refractivity contribution < 1.29 is 4.79 Å². The minimum absolute atomic E-state index is 0.0512. The van der Waals surface area contributed by atoms with Gasteiger partial charge in [-0.05, 0) is 48.8 Å². The number of carbonyl (C=O) groups is 1. The van der Waals surface area contributed by atoms with E-state index in [-0.39, 0.29) is 18.0 Å². The zero-order valence-electron chi connectivity index (χ0n) is 19.4. The van der Waals surface area contributed by atoms with E-state index < -0.39 is 0 Å². The van der Waals surface area contributed by atoms with Gasteiger partial charge in [0.1, 0.15) is 18.4 Å². The van der Waals surface area contributed by atoms with E-state index >= 15 is 0 Å². The lowest BCUT2D eigenvalue weighted by Gasteiger charge is -2.32. The van der Waals surface area contributed by atoms with Crippen LogP contribution in [0.2, 0.25) is 0 Å². The van der Waals surface area contributed by atoms with Crippen molar-refractivity contribution in [3.8, 4) is 11.3 Å². The number of nitrogens with zero attached hydrogens (tertiary/aromatic N) is 5. The third kappa shape index (κ3) is 4.64. The van der Waals surface area contributed by atoms with E-state index in [4.69, 9.17) is 0 Å². The van der Waals surface area contributed by atoms with Crippen LogP contribution >= 0.6 is 0 Å². The predicted molar refractivity (Wildman–Crippen MR) is 132 cm³/mol. The fourth-order valence-electron chi connectivity index (χ4n) is 4.67. The largest absolute Gasteiger partial charge is 0.341 e. The summed E-state index contributed by atoms with van der Waals surface area (Å²) >= 11 is 0. The van der Waals surface area contributed by atoms with Crippen LogP contribution in [-0.2, 0) is 24.2 Å². The molecule has 7 nitrogen and oxygen atoms in total. The van der Waals surface area contributed by atoms with Crippen molar-refractivity contribution in [3.05, 3.63) is 88.5 Å². The van der Waals surface area contributed by atoms with Crippen LogP contribution in [0.5, 0.6) is 0 Å². The highest BCUT2D eigenvalue weighted by Gasteiger charge is 2.24. The molecule has 34 heavy (non-hydrogen) atoms. The Labute approximate surface area is 198 Å². The molecule has 5 rings (SSSR count). The van der Waals surface area contributed by atoms with Crippen molar-refractivity contribution in [2.45, 2.75) is 39.2 Å². The maximum Gasteiger partial charge on any atom is 0.293 e. The van der Waals surface area contributed by atoms with Gasteiger partial charge in [0.15, 0.2) is 0 Å². The minimum Gasteiger partial charge on any atom is -0.341 e. The van der Waals surface area contributed by atoms with Gasteiger partial charge in [-0.25, -0.2) is 9.20 Å². The molecule has 0 radical (unpaired) electrons. The molecular formula is C27H29N5O2. The van der Waals surface area contributed by atoms with E-state index in [2.05, 4.69) is 53.5 Å². The second-order valence-electron chi connectivity index (χ2n) is 9.02. The lowest BCUT2D eigenvalue weighted by Crippen LogP contribution is -2.42. The molecule has 0 unspecified atom stereocenters. The zero-order valence-corrected chi connectivity index (χ0v) is 19.4. The van der Waals surface area contributed by atoms with E-state index in [9.17, 15) is 9.59 Å². The van der Waals surface area contributed by atoms with Gasteiger partial charge in [0.05, 0.1) is 5.69 Å². The number of hydrogen-bond acceptors (Lipinski definition) is 4. The number of aromatic nitrogens is 4. The average molecular weight is 456 g/mol. The maximum absolute atomic E-state index is 13.0. The second kappa shape index (κ2) is 9.63. The lowest BCUT2D eigenvalue weighted by atomic mass is 9.90. The van der Waals surface area contributed by atoms with E-state index in [1.165, 1.54) is 26.7 Å². The van der Waals surface area contributed by atoms with Gasteiger partial charge in [-0.2, -0.15) is 10.2 Å². The molecule has 4 aromatic rings. The molecule has 0 saturated carbocycles. The summed E-state index contributed by atoms with van der Waals surface area (Å²) in [5.41, 5.74) is 4.36. The summed E-state index contributed by atoms with van der Waals surface area (Å²) in [5.74, 6) is 0.521. The molecule has 3 heterocycles. The van der Waals surface area contributed by atoms with Crippen LogP contribution < -0.4 is 5.56 Å². The SMILES string of the molecule is CCc1ccc(-c2cc3c(=O)n(CC(=O)N4CCC(Cc5ccccc5)CC4)ncn3n2)cc1. The van der Waals surface area contributed by atoms with Crippen LogP contribution in [0.15, 0.2) is 71.8 Å². The molecule has 7 heteroatoms. The van der Waals surface area contributed by atoms with Crippen molar-refractivity contribution in [3.63, 3.8) is 0 Å². The first-order valence-electron chi connectivity index (χ1n) is 12.0. The summed E-state index contributed by atoms with van der Waals surface area (Å²) in [7, 11) is 0. The van der Waals surface area contributed by atoms with Crippen LogP contribution in [0, 0.1) is 5.92 Å². The summed E-state index contributed by atoms with van der Waals surface area (Å²) in [6.45, 7) is 3.50. The van der Waals surface area contributed by atoms with Gasteiger partial charge in [0.25, 0.3) is 5.56 Å². The number of rotatable bonds is 6. The quantitative estimate of drug-likeness (QED) is 0.445. The maximum atomic E-state index is 13.0. The molecule has 1 fully saturated rings. The standard InChI is InChI=1S/C27H29N5O2/c1-2-20-8-10-23(11-9-20)24-17-25-27(34)31(28-19-32(25)29-24)18-26(33)30-14-12-22(13-15-30)16-21-6-4-3-5-7-21/h3-11,17,19,22H,2,12-16,18H2,1H3. The van der Waals surface area contributed by atoms with Crippen molar-refractivity contribution in [2.24, 2.45) is 5.92 Å². The molecule has 2 aromatic heterocycles. The number of carbonyl (C=O) groups excluding carboxylic acids is 1. The second-order valence-corrected chi connectivity index (χ2v) is 9.02. The highest BCUT2D eigenvalue weighted by Crippen LogP contribution is 2.22. The molecule has 0 atom stereocenters. The molecule has 1 aliphatic rings. The predicted octanol–water partition coefficient (Wildman–Crippen LogP) is 3.60. The van der Waals surface area contributed by atoms with Crippen LogP contribution in [-0.4, -0.2) is 43.3 Å². The molecule has 0 aliphatic carbocycles. The molecule has 1 aliphatic heterocycles. The van der Waals surface area contributed by atoms with Crippen molar-refractivity contribution in [2.75, 3.05) is 13.1 Å². The molecule has 0 bridgehead atoms. The van der Waals surface area contributed by atoms with Crippen LogP contribution in [0.4, 0.5) is 0 Å². The number of likely N-dealkylation sites (tertiary alicyclic amines) is 1. The molecule has 0 spiro atoms. The fourth-order valence-corrected chi connectivity index (χ4v) is 4.67. The molecule has 1 amide bonds. The van der Waals surface area contributed by atoms with Crippen molar-refractivity contribution in [1.29, 1.82) is 0 Å². The fraction of sp³-hybridized carbons (Fsp3) is 0.333. The lowest BCUT2D eigenvalue weighted by molar-refractivity contribution is -0.133. The van der Waals surface area contributed by atoms with E-state index in [0.717, 1.165) is 44.3 Å². The number of fused-ring (bicyclic) bond motifs is 1. The molecular weight excluding hydrogens is 426 g/mol. The third-order valence-electron chi connectivity index (χ3n) is 6.77. The van der Waals surface area contributed by atoms with Crippen LogP contribution in [0.25, 0.3) is 16.8 Å². The number of amides is 1. The van der Waals surface area contributed by atoms with Crippen LogP contribution in [0.1, 0.15) is 30.9 Å². The highest BCUT2D eigenvalue weighted by molar-refractivity contribution is 5.76. The van der Waals surface area contributed by atoms with E-state index in [1.54, 1.807) is 6.07 Å². The first-order valence-corrected chi connectivity index (χ1v) is 12.0. The Morgan fingerprint density at radius 2 is 1.74 bits per heavy atom. The van der Waals surface area contributed by atoms with Crippen LogP contribution in [0.3, 0.4) is 0 Å². The molecule has 2 aromatic carbocycles. The molecule has 1 saturated heterocycles. The first-order chi connectivity index (χ1) is 16.6. The topological polar surface area (TPSA) is 72.5 Å². The Hall–Kier alpha value is -3.74. The monoisotopic (exact) mass is 455 g/mol. The Morgan fingerprint density at radius 1 is 1.00 bits per heavy atom. The van der Waals surface area contributed by atoms with Gasteiger partial charge in [-0.3, -0.25) is 9.59 Å². The van der Waals surface area contributed by atoms with Crippen molar-refractivity contribution in [1.82, 2.24) is 24.3 Å². The van der Waals surface area contributed by atoms with Gasteiger partial charge >= 0.3 is 0 Å². The van der Waals surface area contributed by atoms with Crippen molar-refractivity contribution >= 4 is 11.4 Å². The zero-order chi connectivity index (χ0) is 23.5. The first kappa shape index (κ1) is 22.1. The highest BCUT2D eigenvalue weighted by atomic mass is 16.2. The summed E-state index contributed by atoms with van der Waals surface area (Å²) in [6.07, 6.45) is 5.47.